The number of imide groups is 1. The van der Waals surface area contributed by atoms with E-state index in [1.807, 2.05) is 0 Å². The van der Waals surface area contributed by atoms with Gasteiger partial charge in [0.05, 0.1) is 11.9 Å². The third kappa shape index (κ3) is 3.81. The van der Waals surface area contributed by atoms with Crippen LogP contribution in [0.1, 0.15) is 52.9 Å². The normalized spacial score (nSPS) is 25.1. The van der Waals surface area contributed by atoms with Crippen molar-refractivity contribution in [2.75, 3.05) is 17.6 Å². The Kier molecular flexibility index (Phi) is 5.32. The molecule has 1 aliphatic heterocycles. The molecule has 1 saturated heterocycles. The number of nitrogens with two attached hydrogens (primary N) is 1. The van der Waals surface area contributed by atoms with E-state index in [4.69, 9.17) is 5.73 Å². The van der Waals surface area contributed by atoms with Gasteiger partial charge in [-0.1, -0.05) is 27.2 Å². The predicted octanol–water partition coefficient (Wildman–Crippen LogP) is 2.52. The molecule has 1 saturated carbocycles. The highest BCUT2D eigenvalue weighted by Crippen LogP contribution is 2.45. The quantitative estimate of drug-likeness (QED) is 0.671. The van der Waals surface area contributed by atoms with Crippen LogP contribution in [0.5, 0.6) is 0 Å². The van der Waals surface area contributed by atoms with Gasteiger partial charge in [0.1, 0.15) is 17.9 Å². The number of nitrogen functional groups attached to an aromatic ring is 1. The summed E-state index contributed by atoms with van der Waals surface area (Å²) in [4.78, 5) is 42.6. The molecule has 2 heterocycles. The largest absolute Gasteiger partial charge is 0.384 e. The second kappa shape index (κ2) is 7.41. The molecule has 1 spiro atoms. The van der Waals surface area contributed by atoms with Crippen molar-refractivity contribution >= 4 is 29.4 Å². The van der Waals surface area contributed by atoms with E-state index in [1.165, 1.54) is 6.20 Å². The number of rotatable bonds is 5. The Balaban J connectivity index is 1.62. The molecule has 28 heavy (non-hydrogen) atoms. The first-order chi connectivity index (χ1) is 13.2. The van der Waals surface area contributed by atoms with Gasteiger partial charge in [-0.2, -0.15) is 0 Å². The highest BCUT2D eigenvalue weighted by molar-refractivity contribution is 6.10. The number of amides is 4. The lowest BCUT2D eigenvalue weighted by Gasteiger charge is -2.42. The number of hydrogen-bond acceptors (Lipinski definition) is 5. The van der Waals surface area contributed by atoms with Crippen molar-refractivity contribution < 1.29 is 14.4 Å². The summed E-state index contributed by atoms with van der Waals surface area (Å²) < 4.78 is 0. The number of urea groups is 1. The first kappa shape index (κ1) is 20.1. The average Bonchev–Trinajstić information content (AvgIpc) is 2.88. The molecular formula is C20H29N5O3. The summed E-state index contributed by atoms with van der Waals surface area (Å²) >= 11 is 0. The molecule has 1 aromatic rings. The lowest BCUT2D eigenvalue weighted by molar-refractivity contribution is -0.135. The number of anilines is 2. The summed E-state index contributed by atoms with van der Waals surface area (Å²) in [5, 5.41) is 5.50. The Labute approximate surface area is 165 Å². The van der Waals surface area contributed by atoms with Crippen molar-refractivity contribution in [3.05, 3.63) is 18.3 Å². The topological polar surface area (TPSA) is 117 Å². The molecule has 8 heteroatoms. The highest BCUT2D eigenvalue weighted by atomic mass is 16.2. The van der Waals surface area contributed by atoms with Crippen molar-refractivity contribution in [1.82, 2.24) is 15.2 Å². The van der Waals surface area contributed by atoms with Crippen LogP contribution >= 0.6 is 0 Å². The molecule has 4 amide bonds. The first-order valence-electron chi connectivity index (χ1n) is 9.82. The minimum Gasteiger partial charge on any atom is -0.384 e. The Morgan fingerprint density at radius 1 is 1.36 bits per heavy atom. The average molecular weight is 387 g/mol. The fraction of sp³-hybridized carbons (Fsp3) is 0.600. The number of pyridine rings is 1. The molecule has 8 nitrogen and oxygen atoms in total. The van der Waals surface area contributed by atoms with E-state index >= 15 is 0 Å². The Morgan fingerprint density at radius 3 is 2.61 bits per heavy atom. The molecule has 2 fully saturated rings. The lowest BCUT2D eigenvalue weighted by atomic mass is 9.65. The molecular weight excluding hydrogens is 358 g/mol. The molecule has 2 aliphatic rings. The maximum Gasteiger partial charge on any atom is 0.325 e. The maximum absolute atomic E-state index is 13.0. The maximum atomic E-state index is 13.0. The van der Waals surface area contributed by atoms with Crippen molar-refractivity contribution in [3.8, 4) is 0 Å². The van der Waals surface area contributed by atoms with Crippen molar-refractivity contribution in [2.24, 2.45) is 11.3 Å². The molecule has 1 aromatic heterocycles. The molecule has 0 bridgehead atoms. The Hall–Kier alpha value is -2.64. The van der Waals surface area contributed by atoms with Crippen molar-refractivity contribution in [2.45, 2.75) is 58.4 Å². The predicted molar refractivity (Wildman–Crippen MR) is 106 cm³/mol. The molecule has 152 valence electrons. The van der Waals surface area contributed by atoms with Crippen LogP contribution in [-0.4, -0.2) is 39.8 Å². The molecule has 1 aliphatic carbocycles. The molecule has 0 radical (unpaired) electrons. The van der Waals surface area contributed by atoms with Gasteiger partial charge < -0.3 is 16.4 Å². The van der Waals surface area contributed by atoms with Crippen LogP contribution in [0, 0.1) is 11.3 Å². The van der Waals surface area contributed by atoms with E-state index in [1.54, 1.807) is 12.1 Å². The third-order valence-electron chi connectivity index (χ3n) is 6.47. The van der Waals surface area contributed by atoms with Gasteiger partial charge in [-0.3, -0.25) is 14.5 Å². The lowest BCUT2D eigenvalue weighted by Crippen LogP contribution is -2.51. The SMILES string of the molecule is CCC(C)(C)C1CCC2(CC1)NC(=O)N(CC(=O)Nc1ccc(N)nc1)C2=O. The molecule has 0 atom stereocenters. The fourth-order valence-electron chi connectivity index (χ4n) is 4.16. The smallest absolute Gasteiger partial charge is 0.325 e. The summed E-state index contributed by atoms with van der Waals surface area (Å²) in [7, 11) is 0. The second-order valence-electron chi connectivity index (χ2n) is 8.54. The zero-order valence-electron chi connectivity index (χ0n) is 16.7. The van der Waals surface area contributed by atoms with Crippen LogP contribution in [0.25, 0.3) is 0 Å². The van der Waals surface area contributed by atoms with Crippen LogP contribution in [0.2, 0.25) is 0 Å². The first-order valence-corrected chi connectivity index (χ1v) is 9.82. The van der Waals surface area contributed by atoms with Crippen molar-refractivity contribution in [1.29, 1.82) is 0 Å². The van der Waals surface area contributed by atoms with Crippen LogP contribution in [0.15, 0.2) is 18.3 Å². The Morgan fingerprint density at radius 2 is 2.04 bits per heavy atom. The summed E-state index contributed by atoms with van der Waals surface area (Å²) in [6.45, 7) is 6.38. The van der Waals surface area contributed by atoms with E-state index in [-0.39, 0.29) is 17.9 Å². The minimum atomic E-state index is -0.861. The van der Waals surface area contributed by atoms with Crippen LogP contribution < -0.4 is 16.4 Å². The van der Waals surface area contributed by atoms with Crippen molar-refractivity contribution in [3.63, 3.8) is 0 Å². The summed E-state index contributed by atoms with van der Waals surface area (Å²) in [5.74, 6) is 0.128. The van der Waals surface area contributed by atoms with E-state index in [2.05, 4.69) is 36.4 Å². The van der Waals surface area contributed by atoms with Crippen LogP contribution in [0.4, 0.5) is 16.3 Å². The van der Waals surface area contributed by atoms with Gasteiger partial charge in [-0.25, -0.2) is 9.78 Å². The summed E-state index contributed by atoms with van der Waals surface area (Å²) in [6, 6.07) is 2.68. The van der Waals surface area contributed by atoms with Gasteiger partial charge in [0.2, 0.25) is 5.91 Å². The standard InChI is InChI=1S/C20H29N5O3/c1-4-19(2,3)13-7-9-20(10-8-13)17(27)25(18(28)24-20)12-16(26)23-14-5-6-15(21)22-11-14/h5-6,11,13H,4,7-10,12H2,1-3H3,(H2,21,22)(H,23,26)(H,24,28). The fourth-order valence-corrected chi connectivity index (χ4v) is 4.16. The van der Waals surface area contributed by atoms with E-state index < -0.39 is 17.5 Å². The molecule has 4 N–H and O–H groups in total. The van der Waals surface area contributed by atoms with Gasteiger partial charge in [0, 0.05) is 0 Å². The van der Waals surface area contributed by atoms with Crippen LogP contribution in [-0.2, 0) is 9.59 Å². The van der Waals surface area contributed by atoms with Gasteiger partial charge in [-0.15, -0.1) is 0 Å². The number of carbonyl (C=O) groups excluding carboxylic acids is 3. The molecule has 0 aromatic carbocycles. The minimum absolute atomic E-state index is 0.222. The van der Waals surface area contributed by atoms with Gasteiger partial charge in [-0.05, 0) is 49.1 Å². The summed E-state index contributed by atoms with van der Waals surface area (Å²) in [5.41, 5.74) is 5.34. The molecule has 0 unspecified atom stereocenters. The number of aromatic nitrogens is 1. The number of nitrogens with one attached hydrogen (secondary N) is 2. The number of nitrogens with zero attached hydrogens (tertiary/aromatic N) is 2. The van der Waals surface area contributed by atoms with Gasteiger partial charge >= 0.3 is 6.03 Å². The summed E-state index contributed by atoms with van der Waals surface area (Å²) in [6.07, 6.45) is 5.53. The number of hydrogen-bond donors (Lipinski definition) is 3. The van der Waals surface area contributed by atoms with E-state index in [9.17, 15) is 14.4 Å². The zero-order chi connectivity index (χ0) is 20.5. The third-order valence-corrected chi connectivity index (χ3v) is 6.47. The van der Waals surface area contributed by atoms with Gasteiger partial charge in [0.15, 0.2) is 0 Å². The monoisotopic (exact) mass is 387 g/mol. The zero-order valence-corrected chi connectivity index (χ0v) is 16.7. The Bertz CT molecular complexity index is 767. The van der Waals surface area contributed by atoms with E-state index in [0.29, 0.717) is 30.3 Å². The number of carbonyl (C=O) groups is 3. The highest BCUT2D eigenvalue weighted by Gasteiger charge is 2.53. The second-order valence-corrected chi connectivity index (χ2v) is 8.54. The molecule has 3 rings (SSSR count). The van der Waals surface area contributed by atoms with Gasteiger partial charge in [0.25, 0.3) is 5.91 Å². The van der Waals surface area contributed by atoms with Crippen LogP contribution in [0.3, 0.4) is 0 Å². The van der Waals surface area contributed by atoms with E-state index in [0.717, 1.165) is 24.2 Å².